The molecule has 0 spiro atoms. The van der Waals surface area contributed by atoms with E-state index in [1.165, 1.54) is 12.3 Å². The van der Waals surface area contributed by atoms with Crippen molar-refractivity contribution in [3.05, 3.63) is 95.6 Å². The van der Waals surface area contributed by atoms with Crippen molar-refractivity contribution in [1.82, 2.24) is 5.43 Å². The van der Waals surface area contributed by atoms with E-state index in [1.807, 2.05) is 72.8 Å². The molecule has 0 unspecified atom stereocenters. The molecular formula is C24H19N3O2. The van der Waals surface area contributed by atoms with Crippen LogP contribution in [0.25, 0.3) is 17.2 Å². The highest BCUT2D eigenvalue weighted by Crippen LogP contribution is 2.20. The number of hydrogen-bond acceptors (Lipinski definition) is 4. The first-order valence-corrected chi connectivity index (χ1v) is 8.94. The normalized spacial score (nSPS) is 11.1. The monoisotopic (exact) mass is 381 g/mol. The number of nitriles is 1. The van der Waals surface area contributed by atoms with Gasteiger partial charge in [-0.3, -0.25) is 4.79 Å². The van der Waals surface area contributed by atoms with Crippen molar-refractivity contribution in [2.24, 2.45) is 5.10 Å². The molecule has 0 aliphatic rings. The van der Waals surface area contributed by atoms with Gasteiger partial charge in [-0.1, -0.05) is 54.6 Å². The summed E-state index contributed by atoms with van der Waals surface area (Å²) in [5.74, 6) is 0.170. The maximum absolute atomic E-state index is 12.2. The molecule has 0 aliphatic carbocycles. The zero-order valence-electron chi connectivity index (χ0n) is 15.9. The summed E-state index contributed by atoms with van der Waals surface area (Å²) in [6.07, 6.45) is 3.04. The lowest BCUT2D eigenvalue weighted by atomic mass is 10.0. The molecule has 0 saturated heterocycles. The minimum atomic E-state index is -0.565. The lowest BCUT2D eigenvalue weighted by molar-refractivity contribution is -0.117. The lowest BCUT2D eigenvalue weighted by Gasteiger charge is -2.03. The van der Waals surface area contributed by atoms with Crippen molar-refractivity contribution >= 4 is 18.2 Å². The molecule has 142 valence electrons. The van der Waals surface area contributed by atoms with Crippen LogP contribution in [0.3, 0.4) is 0 Å². The molecule has 29 heavy (non-hydrogen) atoms. The van der Waals surface area contributed by atoms with Crippen LogP contribution in [0.4, 0.5) is 0 Å². The number of methoxy groups -OCH3 is 1. The average Bonchev–Trinajstić information content (AvgIpc) is 2.79. The molecule has 3 rings (SSSR count). The van der Waals surface area contributed by atoms with E-state index in [0.29, 0.717) is 0 Å². The molecule has 0 bridgehead atoms. The van der Waals surface area contributed by atoms with Crippen molar-refractivity contribution in [1.29, 1.82) is 5.26 Å². The van der Waals surface area contributed by atoms with Crippen molar-refractivity contribution in [2.45, 2.75) is 0 Å². The number of nitrogens with zero attached hydrogens (tertiary/aromatic N) is 2. The molecule has 5 nitrogen and oxygen atoms in total. The van der Waals surface area contributed by atoms with Gasteiger partial charge in [0.2, 0.25) is 0 Å². The number of hydrogen-bond donors (Lipinski definition) is 1. The first-order valence-electron chi connectivity index (χ1n) is 8.94. The van der Waals surface area contributed by atoms with Crippen LogP contribution >= 0.6 is 0 Å². The number of nitrogens with one attached hydrogen (secondary N) is 1. The third-order valence-corrected chi connectivity index (χ3v) is 4.19. The predicted octanol–water partition coefficient (Wildman–Crippen LogP) is 4.42. The summed E-state index contributed by atoms with van der Waals surface area (Å²) in [4.78, 5) is 12.2. The van der Waals surface area contributed by atoms with Gasteiger partial charge >= 0.3 is 0 Å². The average molecular weight is 381 g/mol. The van der Waals surface area contributed by atoms with Gasteiger partial charge < -0.3 is 4.74 Å². The number of benzene rings is 3. The summed E-state index contributed by atoms with van der Waals surface area (Å²) in [5.41, 5.74) is 6.08. The predicted molar refractivity (Wildman–Crippen MR) is 114 cm³/mol. The molecule has 0 atom stereocenters. The van der Waals surface area contributed by atoms with Crippen molar-refractivity contribution in [3.63, 3.8) is 0 Å². The summed E-state index contributed by atoms with van der Waals surface area (Å²) in [6.45, 7) is 0. The lowest BCUT2D eigenvalue weighted by Crippen LogP contribution is -2.19. The highest BCUT2D eigenvalue weighted by molar-refractivity contribution is 6.02. The molecule has 5 heteroatoms. The van der Waals surface area contributed by atoms with Crippen LogP contribution in [0, 0.1) is 11.3 Å². The number of ether oxygens (including phenoxy) is 1. The van der Waals surface area contributed by atoms with E-state index in [-0.39, 0.29) is 5.57 Å². The first kappa shape index (κ1) is 19.6. The fraction of sp³-hybridized carbons (Fsp3) is 0.0417. The van der Waals surface area contributed by atoms with E-state index in [9.17, 15) is 10.1 Å². The van der Waals surface area contributed by atoms with Crippen molar-refractivity contribution in [2.75, 3.05) is 7.11 Å². The quantitative estimate of drug-likeness (QED) is 0.297. The van der Waals surface area contributed by atoms with Crippen LogP contribution < -0.4 is 10.2 Å². The van der Waals surface area contributed by atoms with E-state index in [4.69, 9.17) is 4.74 Å². The summed E-state index contributed by atoms with van der Waals surface area (Å²) < 4.78 is 5.09. The van der Waals surface area contributed by atoms with Gasteiger partial charge in [0.25, 0.3) is 5.91 Å². The molecular weight excluding hydrogens is 362 g/mol. The molecule has 1 amide bonds. The third-order valence-electron chi connectivity index (χ3n) is 4.19. The van der Waals surface area contributed by atoms with Crippen LogP contribution in [0.1, 0.15) is 11.1 Å². The van der Waals surface area contributed by atoms with Crippen LogP contribution in [-0.2, 0) is 4.79 Å². The maximum Gasteiger partial charge on any atom is 0.282 e. The van der Waals surface area contributed by atoms with Crippen molar-refractivity contribution in [3.8, 4) is 22.9 Å². The smallest absolute Gasteiger partial charge is 0.282 e. The van der Waals surface area contributed by atoms with Gasteiger partial charge in [-0.05, 0) is 52.6 Å². The largest absolute Gasteiger partial charge is 0.497 e. The zero-order chi connectivity index (χ0) is 20.5. The molecule has 0 aromatic heterocycles. The minimum Gasteiger partial charge on any atom is -0.497 e. The van der Waals surface area contributed by atoms with Gasteiger partial charge in [0.05, 0.1) is 13.3 Å². The number of carbonyl (C=O) groups excluding carboxylic acids is 1. The highest BCUT2D eigenvalue weighted by atomic mass is 16.5. The molecule has 1 N–H and O–H groups in total. The minimum absolute atomic E-state index is 0.0238. The van der Waals surface area contributed by atoms with Gasteiger partial charge in [-0.2, -0.15) is 10.4 Å². The summed E-state index contributed by atoms with van der Waals surface area (Å²) in [5, 5.41) is 13.2. The Morgan fingerprint density at radius 1 is 0.931 bits per heavy atom. The van der Waals surface area contributed by atoms with Crippen LogP contribution in [0.2, 0.25) is 0 Å². The van der Waals surface area contributed by atoms with Crippen LogP contribution in [0.5, 0.6) is 5.75 Å². The Hall–Kier alpha value is -4.17. The molecule has 0 heterocycles. The first-order chi connectivity index (χ1) is 14.2. The molecule has 0 fully saturated rings. The molecule has 0 radical (unpaired) electrons. The fourth-order valence-electron chi connectivity index (χ4n) is 2.63. The van der Waals surface area contributed by atoms with Gasteiger partial charge in [-0.15, -0.1) is 0 Å². The second kappa shape index (κ2) is 9.67. The number of carbonyl (C=O) groups is 1. The Kier molecular flexibility index (Phi) is 6.53. The van der Waals surface area contributed by atoms with Gasteiger partial charge in [0, 0.05) is 0 Å². The number of rotatable bonds is 6. The molecule has 0 aliphatic heterocycles. The van der Waals surface area contributed by atoms with E-state index < -0.39 is 5.91 Å². The summed E-state index contributed by atoms with van der Waals surface area (Å²) >= 11 is 0. The van der Waals surface area contributed by atoms with Crippen LogP contribution in [-0.4, -0.2) is 19.2 Å². The second-order valence-electron chi connectivity index (χ2n) is 6.13. The van der Waals surface area contributed by atoms with E-state index in [2.05, 4.69) is 10.5 Å². The Morgan fingerprint density at radius 3 is 2.17 bits per heavy atom. The second-order valence-corrected chi connectivity index (χ2v) is 6.13. The zero-order valence-corrected chi connectivity index (χ0v) is 15.9. The highest BCUT2D eigenvalue weighted by Gasteiger charge is 2.08. The maximum atomic E-state index is 12.2. The van der Waals surface area contributed by atoms with E-state index in [1.54, 1.807) is 19.2 Å². The fourth-order valence-corrected chi connectivity index (χ4v) is 2.63. The Morgan fingerprint density at radius 2 is 1.55 bits per heavy atom. The van der Waals surface area contributed by atoms with Crippen molar-refractivity contribution < 1.29 is 9.53 Å². The number of amides is 1. The third kappa shape index (κ3) is 5.41. The van der Waals surface area contributed by atoms with Gasteiger partial charge in [-0.25, -0.2) is 5.43 Å². The SMILES string of the molecule is COc1ccc(/C=N\NC(=O)/C(C#N)=C/c2ccc(-c3ccccc3)cc2)cc1. The molecule has 3 aromatic rings. The Bertz CT molecular complexity index is 1060. The Labute approximate surface area is 169 Å². The summed E-state index contributed by atoms with van der Waals surface area (Å²) in [7, 11) is 1.59. The summed E-state index contributed by atoms with van der Waals surface area (Å²) in [6, 6.07) is 26.8. The van der Waals surface area contributed by atoms with E-state index >= 15 is 0 Å². The Balaban J connectivity index is 1.66. The standard InChI is InChI=1S/C24H19N3O2/c1-29-23-13-9-19(10-14-23)17-26-27-24(28)22(16-25)15-18-7-11-21(12-8-18)20-5-3-2-4-6-20/h2-15,17H,1H3,(H,27,28)/b22-15+,26-17-. The van der Waals surface area contributed by atoms with Gasteiger partial charge in [0.15, 0.2) is 0 Å². The van der Waals surface area contributed by atoms with Gasteiger partial charge in [0.1, 0.15) is 17.4 Å². The van der Waals surface area contributed by atoms with E-state index in [0.717, 1.165) is 28.0 Å². The topological polar surface area (TPSA) is 74.5 Å². The molecule has 3 aromatic carbocycles. The molecule has 0 saturated carbocycles. The van der Waals surface area contributed by atoms with Crippen LogP contribution in [0.15, 0.2) is 89.5 Å². The number of hydrazone groups is 1.